The summed E-state index contributed by atoms with van der Waals surface area (Å²) in [6.07, 6.45) is 2.00. The number of phenols is 1. The lowest BCUT2D eigenvalue weighted by Gasteiger charge is -2.42. The van der Waals surface area contributed by atoms with Gasteiger partial charge in [-0.1, -0.05) is 12.1 Å². The highest BCUT2D eigenvalue weighted by molar-refractivity contribution is 5.99. The minimum absolute atomic E-state index is 0.0569. The third-order valence-electron chi connectivity index (χ3n) is 4.51. The molecule has 2 aliphatic rings. The van der Waals surface area contributed by atoms with Gasteiger partial charge in [0.2, 0.25) is 0 Å². The van der Waals surface area contributed by atoms with Crippen LogP contribution >= 0.6 is 0 Å². The van der Waals surface area contributed by atoms with E-state index in [2.05, 4.69) is 6.07 Å². The zero-order chi connectivity index (χ0) is 17.4. The number of nitriles is 1. The van der Waals surface area contributed by atoms with E-state index in [1.807, 2.05) is 14.1 Å². The quantitative estimate of drug-likeness (QED) is 0.864. The van der Waals surface area contributed by atoms with Gasteiger partial charge in [-0.3, -0.25) is 9.80 Å². The van der Waals surface area contributed by atoms with E-state index in [4.69, 9.17) is 5.73 Å². The van der Waals surface area contributed by atoms with E-state index in [1.54, 1.807) is 34.3 Å². The van der Waals surface area contributed by atoms with Crippen molar-refractivity contribution in [2.75, 3.05) is 14.1 Å². The van der Waals surface area contributed by atoms with Gasteiger partial charge in [-0.05, 0) is 30.5 Å². The molecule has 1 heterocycles. The van der Waals surface area contributed by atoms with Crippen LogP contribution in [0.4, 0.5) is 0 Å². The van der Waals surface area contributed by atoms with E-state index >= 15 is 0 Å². The molecule has 6 heteroatoms. The summed E-state index contributed by atoms with van der Waals surface area (Å²) < 4.78 is 0. The van der Waals surface area contributed by atoms with Gasteiger partial charge < -0.3 is 10.8 Å². The standard InChI is InChI=1S/C18H20N4O2/c1-21(2)22-14-4-3-5-15(24)17(14)16(13(10-19)18(22)20)11-6-8-12(23)9-7-11/h6-9,16,23H,3-5,20H2,1-2H3. The molecule has 3 N–H and O–H groups in total. The number of hydrazine groups is 1. The molecule has 0 saturated carbocycles. The van der Waals surface area contributed by atoms with Gasteiger partial charge in [-0.25, -0.2) is 5.01 Å². The van der Waals surface area contributed by atoms with Gasteiger partial charge >= 0.3 is 0 Å². The summed E-state index contributed by atoms with van der Waals surface area (Å²) in [5.41, 5.74) is 8.95. The molecule has 0 fully saturated rings. The Morgan fingerprint density at radius 2 is 1.96 bits per heavy atom. The topological polar surface area (TPSA) is 93.6 Å². The number of nitrogens with zero attached hydrogens (tertiary/aromatic N) is 3. The fourth-order valence-corrected chi connectivity index (χ4v) is 3.52. The number of Topliss-reactive ketones (excluding diaryl/α,β-unsaturated/α-hetero) is 1. The predicted molar refractivity (Wildman–Crippen MR) is 89.1 cm³/mol. The third kappa shape index (κ3) is 2.43. The van der Waals surface area contributed by atoms with Gasteiger partial charge in [0, 0.05) is 31.8 Å². The normalized spacial score (nSPS) is 21.2. The van der Waals surface area contributed by atoms with Gasteiger partial charge in [-0.2, -0.15) is 5.26 Å². The highest BCUT2D eigenvalue weighted by Crippen LogP contribution is 2.44. The van der Waals surface area contributed by atoms with Gasteiger partial charge in [0.1, 0.15) is 11.6 Å². The number of phenolic OH excluding ortho intramolecular Hbond substituents is 1. The SMILES string of the molecule is CN(C)N1C(N)=C(C#N)C(c2ccc(O)cc2)C2=C1CCCC2=O. The molecule has 1 aromatic rings. The molecule has 1 aliphatic heterocycles. The fraction of sp³-hybridized carbons (Fsp3) is 0.333. The molecule has 1 aliphatic carbocycles. The third-order valence-corrected chi connectivity index (χ3v) is 4.51. The predicted octanol–water partition coefficient (Wildman–Crippen LogP) is 1.97. The number of carbonyl (C=O) groups is 1. The van der Waals surface area contributed by atoms with Crippen molar-refractivity contribution in [3.63, 3.8) is 0 Å². The van der Waals surface area contributed by atoms with Crippen molar-refractivity contribution in [3.8, 4) is 11.8 Å². The van der Waals surface area contributed by atoms with E-state index in [-0.39, 0.29) is 11.5 Å². The summed E-state index contributed by atoms with van der Waals surface area (Å²) >= 11 is 0. The van der Waals surface area contributed by atoms with Crippen molar-refractivity contribution in [1.29, 1.82) is 5.26 Å². The molecule has 24 heavy (non-hydrogen) atoms. The van der Waals surface area contributed by atoms with E-state index < -0.39 is 5.92 Å². The number of rotatable bonds is 2. The Bertz CT molecular complexity index is 784. The van der Waals surface area contributed by atoms with Crippen LogP contribution in [0.25, 0.3) is 0 Å². The Morgan fingerprint density at radius 3 is 2.54 bits per heavy atom. The van der Waals surface area contributed by atoms with Crippen LogP contribution in [-0.2, 0) is 4.79 Å². The average molecular weight is 324 g/mol. The molecule has 124 valence electrons. The van der Waals surface area contributed by atoms with Crippen LogP contribution in [0.5, 0.6) is 5.75 Å². The number of benzene rings is 1. The van der Waals surface area contributed by atoms with E-state index in [1.165, 1.54) is 0 Å². The lowest BCUT2D eigenvalue weighted by Crippen LogP contribution is -2.45. The molecule has 0 saturated heterocycles. The van der Waals surface area contributed by atoms with Crippen molar-refractivity contribution < 1.29 is 9.90 Å². The number of carbonyl (C=O) groups excluding carboxylic acids is 1. The first-order valence-corrected chi connectivity index (χ1v) is 7.88. The maximum atomic E-state index is 12.7. The molecule has 0 radical (unpaired) electrons. The van der Waals surface area contributed by atoms with Crippen molar-refractivity contribution in [1.82, 2.24) is 10.0 Å². The molecular weight excluding hydrogens is 304 g/mol. The fourth-order valence-electron chi connectivity index (χ4n) is 3.52. The van der Waals surface area contributed by atoms with Gasteiger partial charge in [0.15, 0.2) is 5.78 Å². The minimum atomic E-state index is -0.477. The second-order valence-electron chi connectivity index (χ2n) is 6.23. The maximum Gasteiger partial charge on any atom is 0.161 e. The average Bonchev–Trinajstić information content (AvgIpc) is 2.54. The van der Waals surface area contributed by atoms with Crippen molar-refractivity contribution >= 4 is 5.78 Å². The Hall–Kier alpha value is -2.78. The largest absolute Gasteiger partial charge is 0.508 e. The van der Waals surface area contributed by atoms with E-state index in [0.717, 1.165) is 24.1 Å². The first-order chi connectivity index (χ1) is 11.5. The van der Waals surface area contributed by atoms with E-state index in [9.17, 15) is 15.2 Å². The lowest BCUT2D eigenvalue weighted by atomic mass is 9.76. The summed E-state index contributed by atoms with van der Waals surface area (Å²) in [6.45, 7) is 0. The van der Waals surface area contributed by atoms with Crippen molar-refractivity contribution in [2.24, 2.45) is 5.73 Å². The smallest absolute Gasteiger partial charge is 0.161 e. The second-order valence-corrected chi connectivity index (χ2v) is 6.23. The number of hydrogen-bond acceptors (Lipinski definition) is 6. The molecule has 1 unspecified atom stereocenters. The molecule has 0 aromatic heterocycles. The van der Waals surface area contributed by atoms with Crippen LogP contribution in [0.2, 0.25) is 0 Å². The maximum absolute atomic E-state index is 12.7. The molecule has 6 nitrogen and oxygen atoms in total. The van der Waals surface area contributed by atoms with Gasteiger partial charge in [-0.15, -0.1) is 0 Å². The van der Waals surface area contributed by atoms with Crippen LogP contribution in [0.15, 0.2) is 46.9 Å². The highest BCUT2D eigenvalue weighted by atomic mass is 16.3. The summed E-state index contributed by atoms with van der Waals surface area (Å²) in [4.78, 5) is 12.7. The molecule has 0 bridgehead atoms. The van der Waals surface area contributed by atoms with Gasteiger partial charge in [0.25, 0.3) is 0 Å². The number of hydrogen-bond donors (Lipinski definition) is 2. The molecule has 3 rings (SSSR count). The van der Waals surface area contributed by atoms with Crippen LogP contribution < -0.4 is 5.73 Å². The van der Waals surface area contributed by atoms with Crippen LogP contribution in [0.3, 0.4) is 0 Å². The first-order valence-electron chi connectivity index (χ1n) is 7.88. The monoisotopic (exact) mass is 324 g/mol. The number of nitrogens with two attached hydrogens (primary N) is 1. The van der Waals surface area contributed by atoms with Crippen molar-refractivity contribution in [3.05, 3.63) is 52.5 Å². The number of ketones is 1. The summed E-state index contributed by atoms with van der Waals surface area (Å²) in [5.74, 6) is 0.0779. The molecule has 0 spiro atoms. The number of allylic oxidation sites excluding steroid dienone is 3. The second kappa shape index (κ2) is 6.02. The lowest BCUT2D eigenvalue weighted by molar-refractivity contribution is -0.116. The zero-order valence-corrected chi connectivity index (χ0v) is 13.8. The zero-order valence-electron chi connectivity index (χ0n) is 13.8. The van der Waals surface area contributed by atoms with Crippen LogP contribution in [0, 0.1) is 11.3 Å². The molecule has 0 amide bonds. The Kier molecular flexibility index (Phi) is 4.04. The van der Waals surface area contributed by atoms with Crippen LogP contribution in [-0.4, -0.2) is 35.0 Å². The molecular formula is C18H20N4O2. The minimum Gasteiger partial charge on any atom is -0.508 e. The first kappa shape index (κ1) is 16.1. The highest BCUT2D eigenvalue weighted by Gasteiger charge is 2.40. The molecule has 1 aromatic carbocycles. The summed E-state index contributed by atoms with van der Waals surface area (Å²) in [5, 5.41) is 22.8. The Balaban J connectivity index is 2.25. The Labute approximate surface area is 141 Å². The summed E-state index contributed by atoms with van der Waals surface area (Å²) in [7, 11) is 3.68. The van der Waals surface area contributed by atoms with Crippen molar-refractivity contribution in [2.45, 2.75) is 25.2 Å². The Morgan fingerprint density at radius 1 is 1.29 bits per heavy atom. The number of aromatic hydroxyl groups is 1. The van der Waals surface area contributed by atoms with E-state index in [0.29, 0.717) is 23.4 Å². The molecule has 1 atom stereocenters. The van der Waals surface area contributed by atoms with Crippen LogP contribution in [0.1, 0.15) is 30.7 Å². The van der Waals surface area contributed by atoms with Gasteiger partial charge in [0.05, 0.1) is 17.6 Å². The summed E-state index contributed by atoms with van der Waals surface area (Å²) in [6, 6.07) is 8.79.